The van der Waals surface area contributed by atoms with Crippen LogP contribution in [0.3, 0.4) is 0 Å². The van der Waals surface area contributed by atoms with Gasteiger partial charge in [0.05, 0.1) is 7.11 Å². The fourth-order valence-electron chi connectivity index (χ4n) is 3.63. The Bertz CT molecular complexity index is 1210. The molecule has 35 heavy (non-hydrogen) atoms. The van der Waals surface area contributed by atoms with Crippen LogP contribution in [0.25, 0.3) is 6.08 Å². The van der Waals surface area contributed by atoms with E-state index in [1.54, 1.807) is 19.3 Å². The minimum atomic E-state index is -0.188. The number of ether oxygens (including phenoxy) is 3. The Kier molecular flexibility index (Phi) is 7.97. The molecule has 4 aromatic carbocycles. The Labute approximate surface area is 206 Å². The number of aryl methyl sites for hydroxylation is 1. The van der Waals surface area contributed by atoms with E-state index >= 15 is 0 Å². The van der Waals surface area contributed by atoms with Crippen molar-refractivity contribution in [1.82, 2.24) is 0 Å². The number of hydrogen-bond donors (Lipinski definition) is 0. The highest BCUT2D eigenvalue weighted by molar-refractivity contribution is 6.10. The van der Waals surface area contributed by atoms with Gasteiger partial charge in [-0.3, -0.25) is 4.79 Å². The minimum absolute atomic E-state index is 0.188. The summed E-state index contributed by atoms with van der Waals surface area (Å²) in [5, 5.41) is 0. The second kappa shape index (κ2) is 11.7. The first-order chi connectivity index (χ1) is 17.1. The van der Waals surface area contributed by atoms with Crippen molar-refractivity contribution in [2.24, 2.45) is 0 Å². The molecule has 0 amide bonds. The molecular weight excluding hydrogens is 436 g/mol. The topological polar surface area (TPSA) is 44.8 Å². The van der Waals surface area contributed by atoms with E-state index in [-0.39, 0.29) is 5.78 Å². The van der Waals surface area contributed by atoms with Gasteiger partial charge < -0.3 is 14.2 Å². The Morgan fingerprint density at radius 2 is 1.26 bits per heavy atom. The molecule has 0 spiro atoms. The average Bonchev–Trinajstić information content (AvgIpc) is 2.90. The number of ketones is 1. The fraction of sp³-hybridized carbons (Fsp3) is 0.129. The van der Waals surface area contributed by atoms with Crippen molar-refractivity contribution in [2.45, 2.75) is 20.1 Å². The number of rotatable bonds is 10. The summed E-state index contributed by atoms with van der Waals surface area (Å²) >= 11 is 0. The monoisotopic (exact) mass is 464 g/mol. The smallest absolute Gasteiger partial charge is 0.193 e. The van der Waals surface area contributed by atoms with Gasteiger partial charge in [-0.05, 0) is 59.5 Å². The van der Waals surface area contributed by atoms with Gasteiger partial charge in [-0.25, -0.2) is 0 Å². The van der Waals surface area contributed by atoms with Crippen LogP contribution in [-0.4, -0.2) is 12.9 Å². The van der Waals surface area contributed by atoms with E-state index in [0.717, 1.165) is 28.0 Å². The van der Waals surface area contributed by atoms with Crippen molar-refractivity contribution in [3.63, 3.8) is 0 Å². The molecule has 0 fully saturated rings. The molecule has 0 N–H and O–H groups in total. The van der Waals surface area contributed by atoms with Crippen LogP contribution in [0, 0.1) is 6.92 Å². The van der Waals surface area contributed by atoms with Crippen molar-refractivity contribution < 1.29 is 19.0 Å². The molecule has 0 aromatic heterocycles. The molecule has 4 rings (SSSR count). The first-order valence-electron chi connectivity index (χ1n) is 11.5. The summed E-state index contributed by atoms with van der Waals surface area (Å²) in [5.41, 5.74) is 4.30. The highest BCUT2D eigenvalue weighted by atomic mass is 16.5. The maximum atomic E-state index is 13.4. The van der Waals surface area contributed by atoms with Crippen molar-refractivity contribution in [3.8, 4) is 17.2 Å². The van der Waals surface area contributed by atoms with Gasteiger partial charge in [-0.15, -0.1) is 0 Å². The Morgan fingerprint density at radius 3 is 1.74 bits per heavy atom. The summed E-state index contributed by atoms with van der Waals surface area (Å²) in [6, 6.07) is 31.0. The Morgan fingerprint density at radius 1 is 0.743 bits per heavy atom. The fourth-order valence-corrected chi connectivity index (χ4v) is 3.63. The Hall–Kier alpha value is -4.31. The predicted molar refractivity (Wildman–Crippen MR) is 139 cm³/mol. The molecule has 0 saturated heterocycles. The number of benzene rings is 4. The van der Waals surface area contributed by atoms with E-state index in [2.05, 4.69) is 0 Å². The third-order valence-corrected chi connectivity index (χ3v) is 5.47. The minimum Gasteiger partial charge on any atom is -0.497 e. The summed E-state index contributed by atoms with van der Waals surface area (Å²) < 4.78 is 17.5. The zero-order valence-corrected chi connectivity index (χ0v) is 19.9. The average molecular weight is 465 g/mol. The molecule has 0 radical (unpaired) electrons. The maximum absolute atomic E-state index is 13.4. The summed E-state index contributed by atoms with van der Waals surface area (Å²) in [5.74, 6) is 1.58. The van der Waals surface area contributed by atoms with Crippen molar-refractivity contribution in [2.75, 3.05) is 7.11 Å². The zero-order valence-electron chi connectivity index (χ0n) is 19.9. The van der Waals surface area contributed by atoms with E-state index in [1.807, 2.05) is 104 Å². The van der Waals surface area contributed by atoms with E-state index in [0.29, 0.717) is 30.3 Å². The van der Waals surface area contributed by atoms with Gasteiger partial charge in [-0.1, -0.05) is 78.9 Å². The largest absolute Gasteiger partial charge is 0.497 e. The first-order valence-corrected chi connectivity index (χ1v) is 11.5. The molecular formula is C31H28O4. The first kappa shape index (κ1) is 23.8. The van der Waals surface area contributed by atoms with Gasteiger partial charge in [0.2, 0.25) is 0 Å². The lowest BCUT2D eigenvalue weighted by molar-refractivity contribution is 0.103. The number of methoxy groups -OCH3 is 1. The van der Waals surface area contributed by atoms with Crippen LogP contribution in [0.1, 0.15) is 32.6 Å². The van der Waals surface area contributed by atoms with Crippen LogP contribution in [0.4, 0.5) is 0 Å². The lowest BCUT2D eigenvalue weighted by Gasteiger charge is -2.16. The number of carbonyl (C=O) groups is 1. The van der Waals surface area contributed by atoms with Crippen LogP contribution in [-0.2, 0) is 13.2 Å². The lowest BCUT2D eigenvalue weighted by atomic mass is 10.0. The molecule has 4 nitrogen and oxygen atoms in total. The van der Waals surface area contributed by atoms with Crippen LogP contribution in [0.5, 0.6) is 17.2 Å². The molecule has 0 heterocycles. The quantitative estimate of drug-likeness (QED) is 0.186. The molecule has 0 aliphatic rings. The number of hydrogen-bond acceptors (Lipinski definition) is 4. The summed E-state index contributed by atoms with van der Waals surface area (Å²) in [4.78, 5) is 13.4. The van der Waals surface area contributed by atoms with Crippen LogP contribution < -0.4 is 14.2 Å². The van der Waals surface area contributed by atoms with E-state index in [1.165, 1.54) is 0 Å². The molecule has 0 unspecified atom stereocenters. The molecule has 0 bridgehead atoms. The number of allylic oxidation sites excluding steroid dienone is 1. The molecule has 0 aliphatic heterocycles. The zero-order chi connectivity index (χ0) is 24.5. The summed E-state index contributed by atoms with van der Waals surface area (Å²) in [6.45, 7) is 2.67. The maximum Gasteiger partial charge on any atom is 0.193 e. The lowest BCUT2D eigenvalue weighted by Crippen LogP contribution is -2.07. The van der Waals surface area contributed by atoms with Gasteiger partial charge in [-0.2, -0.15) is 0 Å². The molecule has 0 aliphatic carbocycles. The molecule has 4 aromatic rings. The second-order valence-corrected chi connectivity index (χ2v) is 8.16. The summed E-state index contributed by atoms with van der Waals surface area (Å²) in [7, 11) is 1.62. The van der Waals surface area contributed by atoms with Gasteiger partial charge in [0.25, 0.3) is 0 Å². The van der Waals surface area contributed by atoms with Gasteiger partial charge in [0, 0.05) is 0 Å². The van der Waals surface area contributed by atoms with Crippen molar-refractivity contribution in [1.29, 1.82) is 0 Å². The van der Waals surface area contributed by atoms with Crippen LogP contribution in [0.2, 0.25) is 0 Å². The van der Waals surface area contributed by atoms with Crippen molar-refractivity contribution in [3.05, 3.63) is 131 Å². The van der Waals surface area contributed by atoms with Gasteiger partial charge >= 0.3 is 0 Å². The highest BCUT2D eigenvalue weighted by Crippen LogP contribution is 2.33. The molecule has 176 valence electrons. The van der Waals surface area contributed by atoms with Crippen molar-refractivity contribution >= 4 is 11.9 Å². The molecule has 0 atom stereocenters. The highest BCUT2D eigenvalue weighted by Gasteiger charge is 2.19. The third-order valence-electron chi connectivity index (χ3n) is 5.47. The van der Waals surface area contributed by atoms with Crippen LogP contribution in [0.15, 0.2) is 103 Å². The van der Waals surface area contributed by atoms with Crippen LogP contribution >= 0.6 is 0 Å². The summed E-state index contributed by atoms with van der Waals surface area (Å²) in [6.07, 6.45) is 3.33. The van der Waals surface area contributed by atoms with E-state index in [9.17, 15) is 4.79 Å². The predicted octanol–water partition coefficient (Wildman–Crippen LogP) is 7.06. The molecule has 4 heteroatoms. The van der Waals surface area contributed by atoms with Gasteiger partial charge in [0.1, 0.15) is 36.0 Å². The Balaban J connectivity index is 1.64. The normalized spacial score (nSPS) is 10.8. The number of carbonyl (C=O) groups excluding carboxylic acids is 1. The standard InChI is InChI=1S/C31H28O4/c1-23-19-29(34-21-25-9-5-3-6-10-25)31(30(20-23)35-22-26-11-7-4-8-12-26)28(32)18-15-24-13-16-27(33-2)17-14-24/h3-20H,21-22H2,1-2H3. The van der Waals surface area contributed by atoms with E-state index in [4.69, 9.17) is 14.2 Å². The SMILES string of the molecule is COc1ccc(C=CC(=O)c2c(OCc3ccccc3)cc(C)cc2OCc2ccccc2)cc1. The molecule has 0 saturated carbocycles. The second-order valence-electron chi connectivity index (χ2n) is 8.16. The third kappa shape index (κ3) is 6.61. The van der Waals surface area contributed by atoms with E-state index < -0.39 is 0 Å². The van der Waals surface area contributed by atoms with Gasteiger partial charge in [0.15, 0.2) is 5.78 Å².